The molecule has 0 saturated carbocycles. The average Bonchev–Trinajstić information content (AvgIpc) is 2.86. The van der Waals surface area contributed by atoms with Crippen LogP contribution in [-0.2, 0) is 0 Å². The van der Waals surface area contributed by atoms with Crippen molar-refractivity contribution in [2.75, 3.05) is 0 Å². The van der Waals surface area contributed by atoms with Crippen molar-refractivity contribution in [1.29, 1.82) is 0 Å². The van der Waals surface area contributed by atoms with Crippen LogP contribution in [0.15, 0.2) is 22.8 Å². The molecule has 0 unspecified atom stereocenters. The lowest BCUT2D eigenvalue weighted by atomic mass is 9.90. The summed E-state index contributed by atoms with van der Waals surface area (Å²) in [5.41, 5.74) is 5.43. The van der Waals surface area contributed by atoms with Crippen molar-refractivity contribution in [2.24, 2.45) is 0 Å². The van der Waals surface area contributed by atoms with E-state index in [2.05, 4.69) is 13.0 Å². The molecule has 0 aromatic heterocycles. The van der Waals surface area contributed by atoms with Crippen molar-refractivity contribution < 1.29 is 0 Å². The fourth-order valence-corrected chi connectivity index (χ4v) is 3.86. The van der Waals surface area contributed by atoms with Gasteiger partial charge in [0.15, 0.2) is 0 Å². The zero-order valence-corrected chi connectivity index (χ0v) is 13.7. The molecule has 114 valence electrons. The van der Waals surface area contributed by atoms with Gasteiger partial charge < -0.3 is 0 Å². The lowest BCUT2D eigenvalue weighted by Crippen LogP contribution is -1.96. The smallest absolute Gasteiger partial charge is 0.0277 e. The highest BCUT2D eigenvalue weighted by atomic mass is 14.2. The fourth-order valence-electron chi connectivity index (χ4n) is 3.86. The highest BCUT2D eigenvalue weighted by Gasteiger charge is 2.15. The van der Waals surface area contributed by atoms with Gasteiger partial charge in [-0.05, 0) is 75.4 Å². The molecule has 0 heteroatoms. The SMILES string of the molecule is CCCCCCC1=C(C2=CCCCCC2)CCCCC1. The van der Waals surface area contributed by atoms with E-state index >= 15 is 0 Å². The van der Waals surface area contributed by atoms with Crippen LogP contribution in [0.25, 0.3) is 0 Å². The Morgan fingerprint density at radius 2 is 1.60 bits per heavy atom. The molecular weight excluding hydrogens is 240 g/mol. The van der Waals surface area contributed by atoms with Gasteiger partial charge in [0, 0.05) is 0 Å². The van der Waals surface area contributed by atoms with Gasteiger partial charge in [0.1, 0.15) is 0 Å². The molecule has 2 aliphatic rings. The predicted octanol–water partition coefficient (Wildman–Crippen LogP) is 7.11. The van der Waals surface area contributed by atoms with Crippen LogP contribution in [0.3, 0.4) is 0 Å². The van der Waals surface area contributed by atoms with Crippen molar-refractivity contribution >= 4 is 0 Å². The second-order valence-corrected chi connectivity index (χ2v) is 6.78. The van der Waals surface area contributed by atoms with Gasteiger partial charge in [-0.1, -0.05) is 50.7 Å². The largest absolute Gasteiger partial charge is 0.0810 e. The Bertz CT molecular complexity index is 332. The van der Waals surface area contributed by atoms with E-state index < -0.39 is 0 Å². The molecule has 0 radical (unpaired) electrons. The minimum atomic E-state index is 1.34. The summed E-state index contributed by atoms with van der Waals surface area (Å²) < 4.78 is 0. The summed E-state index contributed by atoms with van der Waals surface area (Å²) in [6.07, 6.45) is 23.8. The highest BCUT2D eigenvalue weighted by Crippen LogP contribution is 2.35. The van der Waals surface area contributed by atoms with Crippen LogP contribution in [-0.4, -0.2) is 0 Å². The molecule has 0 aromatic carbocycles. The molecule has 0 fully saturated rings. The van der Waals surface area contributed by atoms with E-state index in [1.165, 1.54) is 96.3 Å². The van der Waals surface area contributed by atoms with Gasteiger partial charge in [0.05, 0.1) is 0 Å². The van der Waals surface area contributed by atoms with E-state index in [0.29, 0.717) is 0 Å². The molecule has 0 spiro atoms. The summed E-state index contributed by atoms with van der Waals surface area (Å²) in [5.74, 6) is 0. The summed E-state index contributed by atoms with van der Waals surface area (Å²) >= 11 is 0. The molecule has 0 amide bonds. The molecule has 2 aliphatic carbocycles. The minimum Gasteiger partial charge on any atom is -0.0810 e. The van der Waals surface area contributed by atoms with E-state index in [0.717, 1.165) is 0 Å². The second-order valence-electron chi connectivity index (χ2n) is 6.78. The Morgan fingerprint density at radius 3 is 2.50 bits per heavy atom. The van der Waals surface area contributed by atoms with Crippen molar-refractivity contribution in [3.8, 4) is 0 Å². The molecule has 0 bridgehead atoms. The zero-order chi connectivity index (χ0) is 14.0. The first-order valence-corrected chi connectivity index (χ1v) is 9.32. The van der Waals surface area contributed by atoms with Gasteiger partial charge in [0.25, 0.3) is 0 Å². The molecule has 0 atom stereocenters. The number of hydrogen-bond acceptors (Lipinski definition) is 0. The Kier molecular flexibility index (Phi) is 7.47. The Labute approximate surface area is 126 Å². The third-order valence-corrected chi connectivity index (χ3v) is 5.09. The zero-order valence-electron chi connectivity index (χ0n) is 13.7. The summed E-state index contributed by atoms with van der Waals surface area (Å²) in [4.78, 5) is 0. The maximum atomic E-state index is 2.60. The first-order valence-electron chi connectivity index (χ1n) is 9.32. The quantitative estimate of drug-likeness (QED) is 0.453. The summed E-state index contributed by atoms with van der Waals surface area (Å²) in [7, 11) is 0. The molecule has 0 saturated heterocycles. The summed E-state index contributed by atoms with van der Waals surface area (Å²) in [5, 5.41) is 0. The standard InChI is InChI=1S/C20H34/c1-2-3-4-8-13-18-16-11-7-12-17-20(18)19-14-9-5-6-10-15-19/h14H,2-13,15-17H2,1H3. The van der Waals surface area contributed by atoms with Crippen molar-refractivity contribution in [2.45, 2.75) is 103 Å². The van der Waals surface area contributed by atoms with Crippen molar-refractivity contribution in [3.63, 3.8) is 0 Å². The van der Waals surface area contributed by atoms with Crippen LogP contribution in [0.4, 0.5) is 0 Å². The van der Waals surface area contributed by atoms with Crippen molar-refractivity contribution in [3.05, 3.63) is 22.8 Å². The fraction of sp³-hybridized carbons (Fsp3) is 0.800. The average molecular weight is 274 g/mol. The molecule has 0 heterocycles. The first kappa shape index (κ1) is 15.9. The first-order chi connectivity index (χ1) is 9.92. The highest BCUT2D eigenvalue weighted by molar-refractivity contribution is 5.36. The third kappa shape index (κ3) is 5.11. The number of rotatable bonds is 6. The monoisotopic (exact) mass is 274 g/mol. The van der Waals surface area contributed by atoms with Crippen LogP contribution in [0, 0.1) is 0 Å². The van der Waals surface area contributed by atoms with Gasteiger partial charge in [0.2, 0.25) is 0 Å². The third-order valence-electron chi connectivity index (χ3n) is 5.09. The predicted molar refractivity (Wildman–Crippen MR) is 90.0 cm³/mol. The summed E-state index contributed by atoms with van der Waals surface area (Å²) in [6, 6.07) is 0. The van der Waals surface area contributed by atoms with Crippen LogP contribution >= 0.6 is 0 Å². The minimum absolute atomic E-state index is 1.34. The van der Waals surface area contributed by atoms with Crippen molar-refractivity contribution in [1.82, 2.24) is 0 Å². The Morgan fingerprint density at radius 1 is 0.800 bits per heavy atom. The Balaban J connectivity index is 2.03. The molecular formula is C20H34. The van der Waals surface area contributed by atoms with Crippen LogP contribution in [0.2, 0.25) is 0 Å². The van der Waals surface area contributed by atoms with Gasteiger partial charge in [-0.25, -0.2) is 0 Å². The van der Waals surface area contributed by atoms with Gasteiger partial charge in [-0.2, -0.15) is 0 Å². The van der Waals surface area contributed by atoms with E-state index in [1.807, 2.05) is 11.1 Å². The molecule has 0 N–H and O–H groups in total. The molecule has 0 nitrogen and oxygen atoms in total. The molecule has 2 rings (SSSR count). The lowest BCUT2D eigenvalue weighted by Gasteiger charge is -2.16. The molecule has 0 aliphatic heterocycles. The van der Waals surface area contributed by atoms with Crippen LogP contribution < -0.4 is 0 Å². The van der Waals surface area contributed by atoms with Gasteiger partial charge in [-0.3, -0.25) is 0 Å². The normalized spacial score (nSPS) is 21.4. The van der Waals surface area contributed by atoms with E-state index in [-0.39, 0.29) is 0 Å². The topological polar surface area (TPSA) is 0 Å². The van der Waals surface area contributed by atoms with E-state index in [9.17, 15) is 0 Å². The number of allylic oxidation sites excluding steroid dienone is 4. The van der Waals surface area contributed by atoms with Crippen LogP contribution in [0.5, 0.6) is 0 Å². The summed E-state index contributed by atoms with van der Waals surface area (Å²) in [6.45, 7) is 2.31. The maximum Gasteiger partial charge on any atom is -0.0277 e. The van der Waals surface area contributed by atoms with Crippen LogP contribution in [0.1, 0.15) is 103 Å². The van der Waals surface area contributed by atoms with E-state index in [4.69, 9.17) is 0 Å². The Hall–Kier alpha value is -0.520. The maximum absolute atomic E-state index is 2.60. The van der Waals surface area contributed by atoms with E-state index in [1.54, 1.807) is 5.57 Å². The lowest BCUT2D eigenvalue weighted by molar-refractivity contribution is 0.644. The second kappa shape index (κ2) is 9.42. The molecule has 0 aromatic rings. The van der Waals surface area contributed by atoms with Gasteiger partial charge >= 0.3 is 0 Å². The van der Waals surface area contributed by atoms with Gasteiger partial charge in [-0.15, -0.1) is 0 Å². The molecule has 20 heavy (non-hydrogen) atoms. The number of unbranched alkanes of at least 4 members (excludes halogenated alkanes) is 3. The number of hydrogen-bond donors (Lipinski definition) is 0.